The molecule has 1 atom stereocenters. The van der Waals surface area contributed by atoms with E-state index in [1.807, 2.05) is 31.2 Å². The molecule has 2 rings (SSSR count). The minimum absolute atomic E-state index is 0.259. The highest BCUT2D eigenvalue weighted by molar-refractivity contribution is 5.27. The van der Waals surface area contributed by atoms with Gasteiger partial charge in [0.1, 0.15) is 11.6 Å². The fourth-order valence-electron chi connectivity index (χ4n) is 1.94. The van der Waals surface area contributed by atoms with E-state index >= 15 is 0 Å². The molecule has 0 aliphatic rings. The Labute approximate surface area is 113 Å². The Morgan fingerprint density at radius 1 is 1.16 bits per heavy atom. The molecule has 100 valence electrons. The molecule has 0 heterocycles. The van der Waals surface area contributed by atoms with Crippen molar-refractivity contribution in [3.05, 3.63) is 65.5 Å². The summed E-state index contributed by atoms with van der Waals surface area (Å²) in [6.45, 7) is 2.48. The first kappa shape index (κ1) is 13.6. The second-order valence-corrected chi connectivity index (χ2v) is 4.58. The van der Waals surface area contributed by atoms with Gasteiger partial charge in [-0.2, -0.15) is 0 Å². The molecule has 0 aromatic heterocycles. The molecule has 0 saturated carbocycles. The standard InChI is InChI=1S/C16H18FNO/c1-12-5-4-6-13(11-12)19-10-9-16(18)14-7-2-3-8-15(14)17/h2-8,11,16H,9-10,18H2,1H3. The van der Waals surface area contributed by atoms with Gasteiger partial charge >= 0.3 is 0 Å². The maximum absolute atomic E-state index is 13.5. The second-order valence-electron chi connectivity index (χ2n) is 4.58. The van der Waals surface area contributed by atoms with E-state index < -0.39 is 0 Å². The lowest BCUT2D eigenvalue weighted by Crippen LogP contribution is -2.15. The topological polar surface area (TPSA) is 35.2 Å². The summed E-state index contributed by atoms with van der Waals surface area (Å²) in [5.74, 6) is 0.561. The maximum atomic E-state index is 13.5. The van der Waals surface area contributed by atoms with E-state index in [9.17, 15) is 4.39 Å². The van der Waals surface area contributed by atoms with Crippen LogP contribution in [-0.4, -0.2) is 6.61 Å². The molecule has 0 radical (unpaired) electrons. The predicted octanol–water partition coefficient (Wildman–Crippen LogP) is 3.60. The van der Waals surface area contributed by atoms with Crippen LogP contribution in [0, 0.1) is 12.7 Å². The average molecular weight is 259 g/mol. The van der Waals surface area contributed by atoms with Crippen molar-refractivity contribution in [2.45, 2.75) is 19.4 Å². The zero-order valence-electron chi connectivity index (χ0n) is 11.0. The quantitative estimate of drug-likeness (QED) is 0.890. The van der Waals surface area contributed by atoms with E-state index in [4.69, 9.17) is 10.5 Å². The molecule has 2 aromatic carbocycles. The monoisotopic (exact) mass is 259 g/mol. The zero-order valence-corrected chi connectivity index (χ0v) is 11.0. The molecule has 0 fully saturated rings. The van der Waals surface area contributed by atoms with Gasteiger partial charge in [-0.1, -0.05) is 30.3 Å². The normalized spacial score (nSPS) is 12.2. The molecule has 1 unspecified atom stereocenters. The van der Waals surface area contributed by atoms with Gasteiger partial charge in [0.15, 0.2) is 0 Å². The first-order valence-electron chi connectivity index (χ1n) is 6.36. The van der Waals surface area contributed by atoms with Crippen molar-refractivity contribution in [2.24, 2.45) is 5.73 Å². The third kappa shape index (κ3) is 3.80. The van der Waals surface area contributed by atoms with Crippen molar-refractivity contribution in [3.63, 3.8) is 0 Å². The Kier molecular flexibility index (Phi) is 4.53. The first-order chi connectivity index (χ1) is 9.16. The molecular formula is C16H18FNO. The van der Waals surface area contributed by atoms with Crippen LogP contribution in [0.15, 0.2) is 48.5 Å². The van der Waals surface area contributed by atoms with Gasteiger partial charge < -0.3 is 10.5 Å². The van der Waals surface area contributed by atoms with Crippen molar-refractivity contribution in [3.8, 4) is 5.75 Å². The molecule has 0 aliphatic carbocycles. The second kappa shape index (κ2) is 6.34. The number of rotatable bonds is 5. The summed E-state index contributed by atoms with van der Waals surface area (Å²) < 4.78 is 19.1. The third-order valence-electron chi connectivity index (χ3n) is 2.99. The highest BCUT2D eigenvalue weighted by atomic mass is 19.1. The Balaban J connectivity index is 1.88. The van der Waals surface area contributed by atoms with Gasteiger partial charge in [0.05, 0.1) is 6.61 Å². The van der Waals surface area contributed by atoms with E-state index in [1.165, 1.54) is 6.07 Å². The molecular weight excluding hydrogens is 241 g/mol. The number of hydrogen-bond acceptors (Lipinski definition) is 2. The number of aryl methyl sites for hydroxylation is 1. The van der Waals surface area contributed by atoms with Crippen molar-refractivity contribution in [1.29, 1.82) is 0 Å². The Hall–Kier alpha value is -1.87. The largest absolute Gasteiger partial charge is 0.494 e. The molecule has 0 amide bonds. The molecule has 2 N–H and O–H groups in total. The SMILES string of the molecule is Cc1cccc(OCCC(N)c2ccccc2F)c1. The Bertz CT molecular complexity index is 542. The molecule has 0 spiro atoms. The summed E-state index contributed by atoms with van der Waals surface area (Å²) in [5, 5.41) is 0. The lowest BCUT2D eigenvalue weighted by Gasteiger charge is -2.13. The van der Waals surface area contributed by atoms with Crippen LogP contribution >= 0.6 is 0 Å². The summed E-state index contributed by atoms with van der Waals surface area (Å²) >= 11 is 0. The zero-order chi connectivity index (χ0) is 13.7. The summed E-state index contributed by atoms with van der Waals surface area (Å²) in [5.41, 5.74) is 7.66. The van der Waals surface area contributed by atoms with E-state index in [0.29, 0.717) is 18.6 Å². The van der Waals surface area contributed by atoms with Crippen LogP contribution in [0.1, 0.15) is 23.6 Å². The fourth-order valence-corrected chi connectivity index (χ4v) is 1.94. The molecule has 3 heteroatoms. The highest BCUT2D eigenvalue weighted by Crippen LogP contribution is 2.18. The maximum Gasteiger partial charge on any atom is 0.127 e. The first-order valence-corrected chi connectivity index (χ1v) is 6.36. The van der Waals surface area contributed by atoms with Crippen LogP contribution < -0.4 is 10.5 Å². The number of ether oxygens (including phenoxy) is 1. The Morgan fingerprint density at radius 2 is 1.95 bits per heavy atom. The van der Waals surface area contributed by atoms with Gasteiger partial charge in [-0.25, -0.2) is 4.39 Å². The third-order valence-corrected chi connectivity index (χ3v) is 2.99. The van der Waals surface area contributed by atoms with Gasteiger partial charge in [0, 0.05) is 18.0 Å². The van der Waals surface area contributed by atoms with Crippen LogP contribution in [0.2, 0.25) is 0 Å². The minimum Gasteiger partial charge on any atom is -0.494 e. The molecule has 0 aliphatic heterocycles. The average Bonchev–Trinajstić information content (AvgIpc) is 2.39. The number of benzene rings is 2. The van der Waals surface area contributed by atoms with E-state index in [2.05, 4.69) is 0 Å². The molecule has 0 saturated heterocycles. The molecule has 19 heavy (non-hydrogen) atoms. The van der Waals surface area contributed by atoms with Crippen LogP contribution in [0.4, 0.5) is 4.39 Å². The van der Waals surface area contributed by atoms with Crippen LogP contribution in [-0.2, 0) is 0 Å². The van der Waals surface area contributed by atoms with E-state index in [1.54, 1.807) is 18.2 Å². The molecule has 2 nitrogen and oxygen atoms in total. The summed E-state index contributed by atoms with van der Waals surface area (Å²) in [7, 11) is 0. The van der Waals surface area contributed by atoms with Crippen molar-refractivity contribution in [1.82, 2.24) is 0 Å². The molecule has 2 aromatic rings. The Morgan fingerprint density at radius 3 is 2.68 bits per heavy atom. The van der Waals surface area contributed by atoms with Crippen molar-refractivity contribution < 1.29 is 9.13 Å². The number of hydrogen-bond donors (Lipinski definition) is 1. The summed E-state index contributed by atoms with van der Waals surface area (Å²) in [6.07, 6.45) is 0.578. The van der Waals surface area contributed by atoms with Gasteiger partial charge in [-0.3, -0.25) is 0 Å². The number of halogens is 1. The predicted molar refractivity (Wildman–Crippen MR) is 74.6 cm³/mol. The smallest absolute Gasteiger partial charge is 0.127 e. The van der Waals surface area contributed by atoms with E-state index in [0.717, 1.165) is 11.3 Å². The van der Waals surface area contributed by atoms with Crippen LogP contribution in [0.3, 0.4) is 0 Å². The van der Waals surface area contributed by atoms with Crippen molar-refractivity contribution >= 4 is 0 Å². The van der Waals surface area contributed by atoms with E-state index in [-0.39, 0.29) is 11.9 Å². The lowest BCUT2D eigenvalue weighted by molar-refractivity contribution is 0.297. The highest BCUT2D eigenvalue weighted by Gasteiger charge is 2.10. The summed E-state index contributed by atoms with van der Waals surface area (Å²) in [6, 6.07) is 14.1. The van der Waals surface area contributed by atoms with Gasteiger partial charge in [-0.05, 0) is 30.7 Å². The van der Waals surface area contributed by atoms with Crippen molar-refractivity contribution in [2.75, 3.05) is 6.61 Å². The van der Waals surface area contributed by atoms with Gasteiger partial charge in [0.25, 0.3) is 0 Å². The van der Waals surface area contributed by atoms with Crippen LogP contribution in [0.25, 0.3) is 0 Å². The fraction of sp³-hybridized carbons (Fsp3) is 0.250. The van der Waals surface area contributed by atoms with Gasteiger partial charge in [0.2, 0.25) is 0 Å². The lowest BCUT2D eigenvalue weighted by atomic mass is 10.0. The molecule has 0 bridgehead atoms. The number of nitrogens with two attached hydrogens (primary N) is 1. The minimum atomic E-state index is -0.342. The summed E-state index contributed by atoms with van der Waals surface area (Å²) in [4.78, 5) is 0. The van der Waals surface area contributed by atoms with Gasteiger partial charge in [-0.15, -0.1) is 0 Å². The van der Waals surface area contributed by atoms with Crippen LogP contribution in [0.5, 0.6) is 5.75 Å².